The van der Waals surface area contributed by atoms with Crippen LogP contribution in [0.15, 0.2) is 18.2 Å². The lowest BCUT2D eigenvalue weighted by atomic mass is 10.1. The van der Waals surface area contributed by atoms with E-state index in [0.29, 0.717) is 16.3 Å². The minimum atomic E-state index is -0.335. The summed E-state index contributed by atoms with van der Waals surface area (Å²) in [7, 11) is 1.72. The smallest absolute Gasteiger partial charge is 0.256 e. The van der Waals surface area contributed by atoms with Gasteiger partial charge in [0.2, 0.25) is 5.91 Å². The molecule has 2 unspecified atom stereocenters. The van der Waals surface area contributed by atoms with E-state index in [-0.39, 0.29) is 23.9 Å². The summed E-state index contributed by atoms with van der Waals surface area (Å²) in [6.07, 6.45) is 1.60. The minimum absolute atomic E-state index is 0.0150. The number of amides is 2. The van der Waals surface area contributed by atoms with Gasteiger partial charge in [-0.15, -0.1) is 0 Å². The molecule has 2 heterocycles. The number of anilines is 1. The molecule has 0 saturated carbocycles. The summed E-state index contributed by atoms with van der Waals surface area (Å²) < 4.78 is 0. The van der Waals surface area contributed by atoms with Crippen LogP contribution in [0.25, 0.3) is 0 Å². The average Bonchev–Trinajstić information content (AvgIpc) is 2.74. The van der Waals surface area contributed by atoms with Crippen molar-refractivity contribution in [1.82, 2.24) is 4.90 Å². The van der Waals surface area contributed by atoms with E-state index < -0.39 is 0 Å². The maximum atomic E-state index is 12.7. The van der Waals surface area contributed by atoms with Gasteiger partial charge in [0, 0.05) is 18.1 Å². The zero-order chi connectivity index (χ0) is 13.7. The summed E-state index contributed by atoms with van der Waals surface area (Å²) in [4.78, 5) is 28.4. The van der Waals surface area contributed by atoms with Crippen molar-refractivity contribution in [3.63, 3.8) is 0 Å². The second kappa shape index (κ2) is 4.23. The summed E-state index contributed by atoms with van der Waals surface area (Å²) >= 11 is 5.98. The molecular weight excluding hydrogens is 264 g/mol. The van der Waals surface area contributed by atoms with E-state index in [1.807, 2.05) is 6.92 Å². The Morgan fingerprint density at radius 1 is 1.26 bits per heavy atom. The van der Waals surface area contributed by atoms with Crippen LogP contribution >= 0.6 is 11.6 Å². The third-order valence-corrected chi connectivity index (χ3v) is 4.30. The van der Waals surface area contributed by atoms with Gasteiger partial charge in [-0.1, -0.05) is 11.6 Å². The molecule has 5 heteroatoms. The highest BCUT2D eigenvalue weighted by atomic mass is 35.5. The van der Waals surface area contributed by atoms with Crippen molar-refractivity contribution in [3.05, 3.63) is 28.8 Å². The van der Waals surface area contributed by atoms with Crippen LogP contribution in [-0.2, 0) is 4.79 Å². The minimum Gasteiger partial charge on any atom is -0.324 e. The van der Waals surface area contributed by atoms with E-state index in [9.17, 15) is 9.59 Å². The number of rotatable bonds is 0. The summed E-state index contributed by atoms with van der Waals surface area (Å²) in [5, 5.41) is 0.512. The van der Waals surface area contributed by atoms with Crippen molar-refractivity contribution in [2.24, 2.45) is 0 Å². The molecule has 0 bridgehead atoms. The molecule has 0 aliphatic carbocycles. The Balaban J connectivity index is 2.19. The predicted molar refractivity (Wildman–Crippen MR) is 73.5 cm³/mol. The molecule has 2 atom stereocenters. The maximum Gasteiger partial charge on any atom is 0.256 e. The number of hydrogen-bond acceptors (Lipinski definition) is 2. The maximum absolute atomic E-state index is 12.7. The molecular formula is C14H15ClN2O2. The topological polar surface area (TPSA) is 40.6 Å². The Hall–Kier alpha value is -1.55. The van der Waals surface area contributed by atoms with Crippen molar-refractivity contribution in [3.8, 4) is 0 Å². The fourth-order valence-corrected chi connectivity index (χ4v) is 3.19. The fourth-order valence-electron chi connectivity index (χ4n) is 3.02. The SMILES string of the molecule is CC1CCC2C(=O)N(C)c3ccc(Cl)cc3C(=O)N12. The number of carbonyl (C=O) groups excluding carboxylic acids is 2. The summed E-state index contributed by atoms with van der Waals surface area (Å²) in [6.45, 7) is 1.99. The Morgan fingerprint density at radius 3 is 2.74 bits per heavy atom. The van der Waals surface area contributed by atoms with Crippen LogP contribution in [0, 0.1) is 0 Å². The van der Waals surface area contributed by atoms with Crippen LogP contribution < -0.4 is 4.90 Å². The van der Waals surface area contributed by atoms with E-state index in [1.165, 1.54) is 0 Å². The highest BCUT2D eigenvalue weighted by molar-refractivity contribution is 6.31. The van der Waals surface area contributed by atoms with E-state index in [1.54, 1.807) is 35.0 Å². The van der Waals surface area contributed by atoms with Crippen LogP contribution in [0.4, 0.5) is 5.69 Å². The first kappa shape index (κ1) is 12.5. The molecule has 19 heavy (non-hydrogen) atoms. The van der Waals surface area contributed by atoms with Crippen molar-refractivity contribution < 1.29 is 9.59 Å². The number of benzene rings is 1. The van der Waals surface area contributed by atoms with E-state index in [2.05, 4.69) is 0 Å². The van der Waals surface area contributed by atoms with Gasteiger partial charge in [0.25, 0.3) is 5.91 Å². The van der Waals surface area contributed by atoms with Crippen molar-refractivity contribution >= 4 is 29.1 Å². The van der Waals surface area contributed by atoms with E-state index >= 15 is 0 Å². The van der Waals surface area contributed by atoms with Crippen LogP contribution in [-0.4, -0.2) is 35.8 Å². The van der Waals surface area contributed by atoms with E-state index in [4.69, 9.17) is 11.6 Å². The molecule has 1 saturated heterocycles. The second-order valence-electron chi connectivity index (χ2n) is 5.21. The number of halogens is 1. The number of likely N-dealkylation sites (N-methyl/N-ethyl adjacent to an activating group) is 1. The Bertz CT molecular complexity index is 573. The molecule has 1 fully saturated rings. The largest absolute Gasteiger partial charge is 0.324 e. The standard InChI is InChI=1S/C14H15ClN2O2/c1-8-3-5-12-14(19)16(2)11-6-4-9(15)7-10(11)13(18)17(8)12/h4,6-8,12H,3,5H2,1-2H3. The zero-order valence-electron chi connectivity index (χ0n) is 10.9. The van der Waals surface area contributed by atoms with Gasteiger partial charge in [-0.25, -0.2) is 0 Å². The summed E-state index contributed by atoms with van der Waals surface area (Å²) in [6, 6.07) is 4.85. The molecule has 0 spiro atoms. The third kappa shape index (κ3) is 1.74. The lowest BCUT2D eigenvalue weighted by molar-refractivity contribution is -0.122. The van der Waals surface area contributed by atoms with Crippen LogP contribution in [0.2, 0.25) is 5.02 Å². The molecule has 2 aliphatic rings. The van der Waals surface area contributed by atoms with Gasteiger partial charge in [0.1, 0.15) is 6.04 Å². The molecule has 1 aromatic carbocycles. The van der Waals surface area contributed by atoms with Gasteiger partial charge >= 0.3 is 0 Å². The third-order valence-electron chi connectivity index (χ3n) is 4.07. The number of fused-ring (bicyclic) bond motifs is 2. The number of hydrogen-bond donors (Lipinski definition) is 0. The molecule has 0 N–H and O–H groups in total. The first-order valence-corrected chi connectivity index (χ1v) is 6.78. The summed E-state index contributed by atoms with van der Waals surface area (Å²) in [5.41, 5.74) is 1.15. The van der Waals surface area contributed by atoms with Crippen molar-refractivity contribution in [2.75, 3.05) is 11.9 Å². The van der Waals surface area contributed by atoms with Crippen molar-refractivity contribution in [1.29, 1.82) is 0 Å². The molecule has 1 aromatic rings. The van der Waals surface area contributed by atoms with Gasteiger partial charge in [-0.3, -0.25) is 9.59 Å². The molecule has 4 nitrogen and oxygen atoms in total. The molecule has 100 valence electrons. The van der Waals surface area contributed by atoms with Gasteiger partial charge in [-0.05, 0) is 38.0 Å². The number of carbonyl (C=O) groups is 2. The van der Waals surface area contributed by atoms with Crippen LogP contribution in [0.1, 0.15) is 30.1 Å². The quantitative estimate of drug-likeness (QED) is 0.731. The number of nitrogens with zero attached hydrogens (tertiary/aromatic N) is 2. The van der Waals surface area contributed by atoms with Gasteiger partial charge in [-0.2, -0.15) is 0 Å². The Labute approximate surface area is 116 Å². The summed E-state index contributed by atoms with van der Waals surface area (Å²) in [5.74, 6) is -0.107. The van der Waals surface area contributed by atoms with Gasteiger partial charge in [0.15, 0.2) is 0 Å². The molecule has 3 rings (SSSR count). The van der Waals surface area contributed by atoms with E-state index in [0.717, 1.165) is 12.8 Å². The molecule has 2 aliphatic heterocycles. The van der Waals surface area contributed by atoms with Gasteiger partial charge < -0.3 is 9.80 Å². The highest BCUT2D eigenvalue weighted by Crippen LogP contribution is 2.35. The predicted octanol–water partition coefficient (Wildman–Crippen LogP) is 2.31. The lowest BCUT2D eigenvalue weighted by Crippen LogP contribution is -2.45. The first-order chi connectivity index (χ1) is 9.00. The monoisotopic (exact) mass is 278 g/mol. The lowest BCUT2D eigenvalue weighted by Gasteiger charge is -2.26. The molecule has 0 aromatic heterocycles. The average molecular weight is 279 g/mol. The molecule has 2 amide bonds. The van der Waals surface area contributed by atoms with Crippen LogP contribution in [0.3, 0.4) is 0 Å². The first-order valence-electron chi connectivity index (χ1n) is 6.40. The Kier molecular flexibility index (Phi) is 2.78. The fraction of sp³-hybridized carbons (Fsp3) is 0.429. The van der Waals surface area contributed by atoms with Crippen molar-refractivity contribution in [2.45, 2.75) is 31.8 Å². The zero-order valence-corrected chi connectivity index (χ0v) is 11.6. The Morgan fingerprint density at radius 2 is 2.00 bits per heavy atom. The highest BCUT2D eigenvalue weighted by Gasteiger charge is 2.44. The van der Waals surface area contributed by atoms with Gasteiger partial charge in [0.05, 0.1) is 11.3 Å². The van der Waals surface area contributed by atoms with Crippen LogP contribution in [0.5, 0.6) is 0 Å². The molecule has 0 radical (unpaired) electrons. The second-order valence-corrected chi connectivity index (χ2v) is 5.65. The normalized spacial score (nSPS) is 26.3.